The van der Waals surface area contributed by atoms with E-state index in [1.807, 2.05) is 12.1 Å². The fourth-order valence-corrected chi connectivity index (χ4v) is 2.48. The van der Waals surface area contributed by atoms with Crippen molar-refractivity contribution in [1.29, 1.82) is 5.26 Å². The fourth-order valence-electron chi connectivity index (χ4n) is 2.48. The van der Waals surface area contributed by atoms with E-state index < -0.39 is 6.10 Å². The van der Waals surface area contributed by atoms with Gasteiger partial charge in [0.15, 0.2) is 0 Å². The van der Waals surface area contributed by atoms with Gasteiger partial charge in [0.2, 0.25) is 0 Å². The number of ether oxygens (including phenoxy) is 1. The van der Waals surface area contributed by atoms with Crippen LogP contribution < -0.4 is 0 Å². The summed E-state index contributed by atoms with van der Waals surface area (Å²) in [6, 6.07) is 9.83. The van der Waals surface area contributed by atoms with Gasteiger partial charge >= 0.3 is 0 Å². The summed E-state index contributed by atoms with van der Waals surface area (Å²) in [5, 5.41) is 19.1. The van der Waals surface area contributed by atoms with E-state index in [1.54, 1.807) is 12.1 Å². The molecule has 1 aliphatic rings. The van der Waals surface area contributed by atoms with E-state index in [1.165, 1.54) is 0 Å². The molecule has 0 aliphatic carbocycles. The Morgan fingerprint density at radius 2 is 1.89 bits per heavy atom. The molecule has 1 aromatic carbocycles. The maximum Gasteiger partial charge on any atom is 0.0991 e. The Morgan fingerprint density at radius 3 is 2.42 bits per heavy atom. The molecule has 3 atom stereocenters. The molecule has 1 N–H and O–H groups in total. The number of benzene rings is 1. The van der Waals surface area contributed by atoms with E-state index in [4.69, 9.17) is 10.00 Å². The molecule has 1 heterocycles. The molecule has 0 amide bonds. The largest absolute Gasteiger partial charge is 0.387 e. The molecular formula is C15H20N2O2. The normalized spacial score (nSPS) is 25.8. The SMILES string of the molecule is CC1COCC(C)N1CC(O)c1ccc(C#N)cc1. The van der Waals surface area contributed by atoms with Crippen molar-refractivity contribution in [2.24, 2.45) is 0 Å². The van der Waals surface area contributed by atoms with Gasteiger partial charge in [0.25, 0.3) is 0 Å². The number of morpholine rings is 1. The van der Waals surface area contributed by atoms with Gasteiger partial charge in [-0.15, -0.1) is 0 Å². The Morgan fingerprint density at radius 1 is 1.32 bits per heavy atom. The molecule has 1 aliphatic heterocycles. The minimum absolute atomic E-state index is 0.316. The van der Waals surface area contributed by atoms with Gasteiger partial charge in [-0.3, -0.25) is 4.90 Å². The molecule has 0 spiro atoms. The number of rotatable bonds is 3. The lowest BCUT2D eigenvalue weighted by Gasteiger charge is -2.39. The summed E-state index contributed by atoms with van der Waals surface area (Å²) >= 11 is 0. The molecule has 1 fully saturated rings. The minimum Gasteiger partial charge on any atom is -0.387 e. The summed E-state index contributed by atoms with van der Waals surface area (Å²) in [5.41, 5.74) is 1.47. The van der Waals surface area contributed by atoms with Crippen LogP contribution in [0.4, 0.5) is 0 Å². The Kier molecular flexibility index (Phi) is 4.54. The molecule has 0 aromatic heterocycles. The molecule has 0 radical (unpaired) electrons. The summed E-state index contributed by atoms with van der Waals surface area (Å²) in [5.74, 6) is 0. The van der Waals surface area contributed by atoms with Crippen LogP contribution >= 0.6 is 0 Å². The second kappa shape index (κ2) is 6.16. The lowest BCUT2D eigenvalue weighted by atomic mass is 10.0. The van der Waals surface area contributed by atoms with Crippen LogP contribution in [0.15, 0.2) is 24.3 Å². The molecule has 4 heteroatoms. The first-order chi connectivity index (χ1) is 9.11. The molecule has 2 rings (SSSR count). The van der Waals surface area contributed by atoms with Crippen LogP contribution in [0.3, 0.4) is 0 Å². The van der Waals surface area contributed by atoms with Crippen molar-refractivity contribution in [1.82, 2.24) is 4.90 Å². The summed E-state index contributed by atoms with van der Waals surface area (Å²) in [6.45, 7) is 6.24. The first kappa shape index (κ1) is 14.0. The van der Waals surface area contributed by atoms with E-state index >= 15 is 0 Å². The second-order valence-corrected chi connectivity index (χ2v) is 5.18. The molecule has 1 saturated heterocycles. The van der Waals surface area contributed by atoms with Crippen molar-refractivity contribution in [3.8, 4) is 6.07 Å². The second-order valence-electron chi connectivity index (χ2n) is 5.18. The van der Waals surface area contributed by atoms with Gasteiger partial charge in [0.1, 0.15) is 0 Å². The number of nitrogens with zero attached hydrogens (tertiary/aromatic N) is 2. The summed E-state index contributed by atoms with van der Waals surface area (Å²) < 4.78 is 5.48. The van der Waals surface area contributed by atoms with Crippen LogP contribution in [-0.4, -0.2) is 41.8 Å². The molecule has 1 aromatic rings. The highest BCUT2D eigenvalue weighted by Gasteiger charge is 2.27. The van der Waals surface area contributed by atoms with Crippen molar-refractivity contribution in [3.63, 3.8) is 0 Å². The number of hydrogen-bond donors (Lipinski definition) is 1. The highest BCUT2D eigenvalue weighted by atomic mass is 16.5. The van der Waals surface area contributed by atoms with Crippen molar-refractivity contribution < 1.29 is 9.84 Å². The monoisotopic (exact) mass is 260 g/mol. The standard InChI is InChI=1S/C15H20N2O2/c1-11-9-19-10-12(2)17(11)8-15(18)14-5-3-13(7-16)4-6-14/h3-6,11-12,15,18H,8-10H2,1-2H3. The average Bonchev–Trinajstić information content (AvgIpc) is 2.43. The molecule has 4 nitrogen and oxygen atoms in total. The van der Waals surface area contributed by atoms with E-state index in [9.17, 15) is 5.11 Å². The predicted octanol–water partition coefficient (Wildman–Crippen LogP) is 1.70. The van der Waals surface area contributed by atoms with E-state index in [2.05, 4.69) is 24.8 Å². The third-order valence-corrected chi connectivity index (χ3v) is 3.66. The summed E-state index contributed by atoms with van der Waals surface area (Å²) in [7, 11) is 0. The highest BCUT2D eigenvalue weighted by molar-refractivity contribution is 5.32. The Hall–Kier alpha value is -1.41. The van der Waals surface area contributed by atoms with Crippen LogP contribution in [0, 0.1) is 11.3 Å². The molecule has 0 bridgehead atoms. The van der Waals surface area contributed by atoms with Gasteiger partial charge in [0.05, 0.1) is 31.0 Å². The topological polar surface area (TPSA) is 56.5 Å². The number of β-amino-alcohol motifs (C(OH)–C–C–N with tert-alkyl or cyclic N) is 1. The third kappa shape index (κ3) is 3.32. The van der Waals surface area contributed by atoms with E-state index in [0.717, 1.165) is 5.56 Å². The molecule has 3 unspecified atom stereocenters. The smallest absolute Gasteiger partial charge is 0.0991 e. The van der Waals surface area contributed by atoms with Crippen LogP contribution in [0.1, 0.15) is 31.1 Å². The Labute approximate surface area is 114 Å². The first-order valence-electron chi connectivity index (χ1n) is 6.63. The van der Waals surface area contributed by atoms with Crippen molar-refractivity contribution in [3.05, 3.63) is 35.4 Å². The molecule has 19 heavy (non-hydrogen) atoms. The molecule has 0 saturated carbocycles. The average molecular weight is 260 g/mol. The van der Waals surface area contributed by atoms with Crippen molar-refractivity contribution in [2.75, 3.05) is 19.8 Å². The Balaban J connectivity index is 2.03. The van der Waals surface area contributed by atoms with Crippen LogP contribution in [0.25, 0.3) is 0 Å². The lowest BCUT2D eigenvalue weighted by Crippen LogP contribution is -2.50. The van der Waals surface area contributed by atoms with Gasteiger partial charge in [0, 0.05) is 18.6 Å². The Bertz CT molecular complexity index is 442. The highest BCUT2D eigenvalue weighted by Crippen LogP contribution is 2.20. The number of aliphatic hydroxyl groups excluding tert-OH is 1. The van der Waals surface area contributed by atoms with Crippen molar-refractivity contribution in [2.45, 2.75) is 32.0 Å². The van der Waals surface area contributed by atoms with Gasteiger partial charge < -0.3 is 9.84 Å². The van der Waals surface area contributed by atoms with Gasteiger partial charge in [-0.1, -0.05) is 12.1 Å². The van der Waals surface area contributed by atoms with Crippen LogP contribution in [0.5, 0.6) is 0 Å². The van der Waals surface area contributed by atoms with E-state index in [-0.39, 0.29) is 0 Å². The number of aliphatic hydroxyl groups is 1. The van der Waals surface area contributed by atoms with Gasteiger partial charge in [-0.2, -0.15) is 5.26 Å². The maximum atomic E-state index is 10.3. The zero-order valence-corrected chi connectivity index (χ0v) is 11.4. The van der Waals surface area contributed by atoms with Gasteiger partial charge in [-0.05, 0) is 31.5 Å². The summed E-state index contributed by atoms with van der Waals surface area (Å²) in [4.78, 5) is 2.27. The van der Waals surface area contributed by atoms with Crippen LogP contribution in [0.2, 0.25) is 0 Å². The van der Waals surface area contributed by atoms with Crippen molar-refractivity contribution >= 4 is 0 Å². The first-order valence-corrected chi connectivity index (χ1v) is 6.63. The maximum absolute atomic E-state index is 10.3. The quantitative estimate of drug-likeness (QED) is 0.898. The third-order valence-electron chi connectivity index (χ3n) is 3.66. The molecular weight excluding hydrogens is 240 g/mol. The number of hydrogen-bond acceptors (Lipinski definition) is 4. The zero-order valence-electron chi connectivity index (χ0n) is 11.4. The zero-order chi connectivity index (χ0) is 13.8. The number of nitriles is 1. The predicted molar refractivity (Wildman–Crippen MR) is 72.6 cm³/mol. The fraction of sp³-hybridized carbons (Fsp3) is 0.533. The van der Waals surface area contributed by atoms with Crippen LogP contribution in [-0.2, 0) is 4.74 Å². The minimum atomic E-state index is -0.532. The molecule has 102 valence electrons. The lowest BCUT2D eigenvalue weighted by molar-refractivity contribution is -0.0537. The van der Waals surface area contributed by atoms with Gasteiger partial charge in [-0.25, -0.2) is 0 Å². The summed E-state index contributed by atoms with van der Waals surface area (Å²) in [6.07, 6.45) is -0.532. The van der Waals surface area contributed by atoms with E-state index in [0.29, 0.717) is 37.4 Å².